The molecule has 0 bridgehead atoms. The second-order valence-electron chi connectivity index (χ2n) is 5.57. The van der Waals surface area contributed by atoms with E-state index in [0.717, 1.165) is 18.8 Å². The number of carbonyl (C=O) groups excluding carboxylic acids is 1. The van der Waals surface area contributed by atoms with Crippen molar-refractivity contribution in [2.45, 2.75) is 13.8 Å². The number of aromatic nitrogens is 2. The van der Waals surface area contributed by atoms with Crippen LogP contribution in [0.25, 0.3) is 11.5 Å². The second kappa shape index (κ2) is 8.01. The van der Waals surface area contributed by atoms with Crippen LogP contribution in [-0.2, 0) is 0 Å². The fraction of sp³-hybridized carbons (Fsp3) is 0.211. The summed E-state index contributed by atoms with van der Waals surface area (Å²) in [6.07, 6.45) is 0. The van der Waals surface area contributed by atoms with Crippen molar-refractivity contribution in [2.24, 2.45) is 0 Å². The van der Waals surface area contributed by atoms with Crippen molar-refractivity contribution in [1.29, 1.82) is 0 Å². The quantitative estimate of drug-likeness (QED) is 0.692. The molecule has 1 amide bonds. The normalized spacial score (nSPS) is 10.6. The van der Waals surface area contributed by atoms with Gasteiger partial charge in [-0.3, -0.25) is 4.79 Å². The van der Waals surface area contributed by atoms with Crippen molar-refractivity contribution in [3.63, 3.8) is 0 Å². The molecule has 3 aromatic rings. The maximum absolute atomic E-state index is 12.3. The zero-order valence-corrected chi connectivity index (χ0v) is 15.3. The number of halogens is 1. The minimum atomic E-state index is -0.466. The monoisotopic (exact) mass is 370 g/mol. The van der Waals surface area contributed by atoms with Crippen molar-refractivity contribution in [3.8, 4) is 11.5 Å². The molecule has 0 atom stereocenters. The predicted molar refractivity (Wildman–Crippen MR) is 103 cm³/mol. The molecule has 7 heteroatoms. The molecular formula is C19H19ClN4O2. The summed E-state index contributed by atoms with van der Waals surface area (Å²) in [5.74, 6) is -0.378. The second-order valence-corrected chi connectivity index (χ2v) is 5.97. The number of nitrogens with zero attached hydrogens (tertiary/aromatic N) is 3. The third-order valence-corrected chi connectivity index (χ3v) is 4.31. The molecule has 0 saturated heterocycles. The Kier molecular flexibility index (Phi) is 5.53. The van der Waals surface area contributed by atoms with Gasteiger partial charge in [-0.25, -0.2) is 0 Å². The molecule has 1 aromatic heterocycles. The molecule has 134 valence electrons. The Morgan fingerprint density at radius 2 is 1.77 bits per heavy atom. The first-order valence-electron chi connectivity index (χ1n) is 8.37. The molecule has 1 heterocycles. The lowest BCUT2D eigenvalue weighted by Crippen LogP contribution is -2.21. The molecule has 0 aliphatic heterocycles. The number of benzene rings is 2. The Morgan fingerprint density at radius 3 is 2.42 bits per heavy atom. The summed E-state index contributed by atoms with van der Waals surface area (Å²) in [5, 5.41) is 10.9. The summed E-state index contributed by atoms with van der Waals surface area (Å²) < 4.78 is 5.45. The lowest BCUT2D eigenvalue weighted by molar-refractivity contribution is 0.0991. The van der Waals surface area contributed by atoms with Gasteiger partial charge in [0.1, 0.15) is 0 Å². The van der Waals surface area contributed by atoms with Gasteiger partial charge in [0.15, 0.2) is 0 Å². The first-order chi connectivity index (χ1) is 12.6. The van der Waals surface area contributed by atoms with E-state index < -0.39 is 5.91 Å². The molecule has 0 fully saturated rings. The number of nitrogens with one attached hydrogen (secondary N) is 1. The van der Waals surface area contributed by atoms with E-state index in [4.69, 9.17) is 16.0 Å². The molecule has 26 heavy (non-hydrogen) atoms. The minimum Gasteiger partial charge on any atom is -0.412 e. The van der Waals surface area contributed by atoms with E-state index in [-0.39, 0.29) is 11.8 Å². The maximum Gasteiger partial charge on any atom is 0.313 e. The number of hydrogen-bond donors (Lipinski definition) is 1. The summed E-state index contributed by atoms with van der Waals surface area (Å²) in [6, 6.07) is 14.7. The van der Waals surface area contributed by atoms with Crippen molar-refractivity contribution in [3.05, 3.63) is 59.4 Å². The Morgan fingerprint density at radius 1 is 1.08 bits per heavy atom. The Balaban J connectivity index is 1.72. The largest absolute Gasteiger partial charge is 0.412 e. The lowest BCUT2D eigenvalue weighted by atomic mass is 10.2. The van der Waals surface area contributed by atoms with E-state index >= 15 is 0 Å². The van der Waals surface area contributed by atoms with Gasteiger partial charge in [0.25, 0.3) is 0 Å². The van der Waals surface area contributed by atoms with Gasteiger partial charge >= 0.3 is 11.8 Å². The van der Waals surface area contributed by atoms with Crippen LogP contribution in [0, 0.1) is 0 Å². The van der Waals surface area contributed by atoms with E-state index in [2.05, 4.69) is 34.3 Å². The highest BCUT2D eigenvalue weighted by atomic mass is 35.5. The van der Waals surface area contributed by atoms with E-state index in [9.17, 15) is 4.79 Å². The Hall–Kier alpha value is -2.86. The van der Waals surface area contributed by atoms with Crippen molar-refractivity contribution in [1.82, 2.24) is 10.2 Å². The van der Waals surface area contributed by atoms with E-state index in [0.29, 0.717) is 16.3 Å². The van der Waals surface area contributed by atoms with Gasteiger partial charge in [0.05, 0.1) is 10.6 Å². The maximum atomic E-state index is 12.3. The molecule has 0 aliphatic rings. The van der Waals surface area contributed by atoms with Crippen molar-refractivity contribution >= 4 is 28.9 Å². The van der Waals surface area contributed by atoms with Gasteiger partial charge in [-0.2, -0.15) is 0 Å². The fourth-order valence-electron chi connectivity index (χ4n) is 2.59. The highest BCUT2D eigenvalue weighted by Gasteiger charge is 2.17. The molecule has 0 radical (unpaired) electrons. The SMILES string of the molecule is CCN(CC)c1ccc(NC(=O)c2nnc(-c3ccccc3Cl)o2)cc1. The summed E-state index contributed by atoms with van der Waals surface area (Å²) in [7, 11) is 0. The average molecular weight is 371 g/mol. The van der Waals surface area contributed by atoms with Crippen LogP contribution in [0.4, 0.5) is 11.4 Å². The molecule has 0 spiro atoms. The van der Waals surface area contributed by atoms with Gasteiger partial charge in [-0.1, -0.05) is 23.7 Å². The highest BCUT2D eigenvalue weighted by Crippen LogP contribution is 2.26. The Bertz CT molecular complexity index is 889. The number of anilines is 2. The molecule has 3 rings (SSSR count). The number of carbonyl (C=O) groups is 1. The molecule has 6 nitrogen and oxygen atoms in total. The Labute approximate surface area is 156 Å². The summed E-state index contributed by atoms with van der Waals surface area (Å²) >= 11 is 6.11. The molecule has 0 aliphatic carbocycles. The van der Waals surface area contributed by atoms with E-state index in [1.54, 1.807) is 18.2 Å². The van der Waals surface area contributed by atoms with Crippen LogP contribution in [0.2, 0.25) is 5.02 Å². The number of rotatable bonds is 6. The molecular weight excluding hydrogens is 352 g/mol. The lowest BCUT2D eigenvalue weighted by Gasteiger charge is -2.21. The van der Waals surface area contributed by atoms with Crippen LogP contribution in [-0.4, -0.2) is 29.2 Å². The van der Waals surface area contributed by atoms with Gasteiger partial charge in [0.2, 0.25) is 5.89 Å². The van der Waals surface area contributed by atoms with Crippen LogP contribution >= 0.6 is 11.6 Å². The minimum absolute atomic E-state index is 0.118. The van der Waals surface area contributed by atoms with Crippen molar-refractivity contribution < 1.29 is 9.21 Å². The van der Waals surface area contributed by atoms with Gasteiger partial charge in [-0.05, 0) is 50.2 Å². The van der Waals surface area contributed by atoms with Crippen LogP contribution in [0.5, 0.6) is 0 Å². The molecule has 2 aromatic carbocycles. The van der Waals surface area contributed by atoms with Gasteiger partial charge in [-0.15, -0.1) is 10.2 Å². The zero-order valence-electron chi connectivity index (χ0n) is 14.6. The van der Waals surface area contributed by atoms with E-state index in [1.165, 1.54) is 0 Å². The molecule has 1 N–H and O–H groups in total. The zero-order chi connectivity index (χ0) is 18.5. The van der Waals surface area contributed by atoms with Crippen LogP contribution in [0.3, 0.4) is 0 Å². The van der Waals surface area contributed by atoms with Crippen LogP contribution in [0.15, 0.2) is 52.9 Å². The van der Waals surface area contributed by atoms with Crippen molar-refractivity contribution in [2.75, 3.05) is 23.3 Å². The number of amides is 1. The average Bonchev–Trinajstić information content (AvgIpc) is 3.14. The summed E-state index contributed by atoms with van der Waals surface area (Å²) in [6.45, 7) is 6.06. The smallest absolute Gasteiger partial charge is 0.313 e. The topological polar surface area (TPSA) is 71.3 Å². The fourth-order valence-corrected chi connectivity index (χ4v) is 2.80. The molecule has 0 saturated carbocycles. The first-order valence-corrected chi connectivity index (χ1v) is 8.75. The third kappa shape index (κ3) is 3.86. The highest BCUT2D eigenvalue weighted by molar-refractivity contribution is 6.33. The predicted octanol–water partition coefficient (Wildman–Crippen LogP) is 4.49. The number of hydrogen-bond acceptors (Lipinski definition) is 5. The van der Waals surface area contributed by atoms with E-state index in [1.807, 2.05) is 30.3 Å². The van der Waals surface area contributed by atoms with Gasteiger partial charge in [0, 0.05) is 24.5 Å². The molecule has 0 unspecified atom stereocenters. The first kappa shape index (κ1) is 17.9. The third-order valence-electron chi connectivity index (χ3n) is 3.98. The van der Waals surface area contributed by atoms with Crippen LogP contribution in [0.1, 0.15) is 24.5 Å². The standard InChI is InChI=1S/C19H19ClN4O2/c1-3-24(4-2)14-11-9-13(10-12-14)21-17(25)19-23-22-18(26-19)15-7-5-6-8-16(15)20/h5-12H,3-4H2,1-2H3,(H,21,25). The van der Waals surface area contributed by atoms with Gasteiger partial charge < -0.3 is 14.6 Å². The van der Waals surface area contributed by atoms with Crippen LogP contribution < -0.4 is 10.2 Å². The summed E-state index contributed by atoms with van der Waals surface area (Å²) in [5.41, 5.74) is 2.35. The summed E-state index contributed by atoms with van der Waals surface area (Å²) in [4.78, 5) is 14.5.